The normalized spacial score (nSPS) is 18.9. The van der Waals surface area contributed by atoms with Crippen LogP contribution in [0.25, 0.3) is 0 Å². The van der Waals surface area contributed by atoms with E-state index in [0.29, 0.717) is 12.0 Å². The van der Waals surface area contributed by atoms with Crippen LogP contribution in [0.2, 0.25) is 0 Å². The van der Waals surface area contributed by atoms with E-state index in [0.717, 1.165) is 63.2 Å². The van der Waals surface area contributed by atoms with Gasteiger partial charge in [0.1, 0.15) is 0 Å². The maximum absolute atomic E-state index is 5.37. The zero-order chi connectivity index (χ0) is 19.3. The molecule has 2 aliphatic heterocycles. The first kappa shape index (κ1) is 18.9. The predicted molar refractivity (Wildman–Crippen MR) is 106 cm³/mol. The van der Waals surface area contributed by atoms with E-state index in [-0.39, 0.29) is 0 Å². The summed E-state index contributed by atoms with van der Waals surface area (Å²) < 4.78 is 10.7. The molecule has 9 nitrogen and oxygen atoms in total. The van der Waals surface area contributed by atoms with E-state index in [1.807, 2.05) is 13.0 Å². The fourth-order valence-electron chi connectivity index (χ4n) is 3.80. The van der Waals surface area contributed by atoms with Gasteiger partial charge in [-0.2, -0.15) is 15.0 Å². The van der Waals surface area contributed by atoms with E-state index >= 15 is 0 Å². The molecule has 152 valence electrons. The molecule has 9 heteroatoms. The Hall–Kier alpha value is -2.42. The summed E-state index contributed by atoms with van der Waals surface area (Å²) >= 11 is 0. The number of aromatic nitrogens is 4. The number of methoxy groups -OCH3 is 1. The Morgan fingerprint density at radius 3 is 2.11 bits per heavy atom. The predicted octanol–water partition coefficient (Wildman–Crippen LogP) is 1.88. The summed E-state index contributed by atoms with van der Waals surface area (Å²) in [6, 6.07) is 2.39. The standard InChI is InChI=1S/C19H29N7O2/c1-15-13-16(28-23-15)14-24-9-11-26(12-10-24)18-20-17(21-19(22-18)27-2)25-7-5-3-4-6-8-25/h13H,3-12,14H2,1-2H3. The van der Waals surface area contributed by atoms with Crippen LogP contribution in [0.15, 0.2) is 10.6 Å². The first-order valence-electron chi connectivity index (χ1n) is 10.2. The van der Waals surface area contributed by atoms with Gasteiger partial charge < -0.3 is 19.1 Å². The van der Waals surface area contributed by atoms with Crippen LogP contribution >= 0.6 is 0 Å². The largest absolute Gasteiger partial charge is 0.467 e. The highest BCUT2D eigenvalue weighted by Crippen LogP contribution is 2.22. The first-order chi connectivity index (χ1) is 13.7. The van der Waals surface area contributed by atoms with Crippen molar-refractivity contribution >= 4 is 11.9 Å². The minimum Gasteiger partial charge on any atom is -0.467 e. The average Bonchev–Trinajstić information content (AvgIpc) is 2.96. The monoisotopic (exact) mass is 387 g/mol. The van der Waals surface area contributed by atoms with Gasteiger partial charge in [-0.1, -0.05) is 18.0 Å². The second-order valence-electron chi connectivity index (χ2n) is 7.52. The summed E-state index contributed by atoms with van der Waals surface area (Å²) in [5.74, 6) is 2.36. The highest BCUT2D eigenvalue weighted by atomic mass is 16.5. The fraction of sp³-hybridized carbons (Fsp3) is 0.684. The zero-order valence-electron chi connectivity index (χ0n) is 16.8. The van der Waals surface area contributed by atoms with Gasteiger partial charge in [0, 0.05) is 45.3 Å². The molecule has 2 saturated heterocycles. The molecular formula is C19H29N7O2. The molecule has 4 heterocycles. The molecular weight excluding hydrogens is 358 g/mol. The van der Waals surface area contributed by atoms with E-state index in [1.54, 1.807) is 7.11 Å². The van der Waals surface area contributed by atoms with Gasteiger partial charge in [0.15, 0.2) is 5.76 Å². The van der Waals surface area contributed by atoms with Gasteiger partial charge in [-0.25, -0.2) is 0 Å². The van der Waals surface area contributed by atoms with E-state index in [2.05, 4.69) is 29.8 Å². The lowest BCUT2D eigenvalue weighted by atomic mass is 10.2. The average molecular weight is 387 g/mol. The second-order valence-corrected chi connectivity index (χ2v) is 7.52. The third-order valence-electron chi connectivity index (χ3n) is 5.37. The van der Waals surface area contributed by atoms with Gasteiger partial charge in [-0.15, -0.1) is 0 Å². The summed E-state index contributed by atoms with van der Waals surface area (Å²) in [5.41, 5.74) is 0.923. The van der Waals surface area contributed by atoms with Crippen LogP contribution in [-0.4, -0.2) is 71.4 Å². The number of ether oxygens (including phenoxy) is 1. The highest BCUT2D eigenvalue weighted by Gasteiger charge is 2.23. The zero-order valence-corrected chi connectivity index (χ0v) is 16.8. The van der Waals surface area contributed by atoms with Gasteiger partial charge >= 0.3 is 6.01 Å². The number of aryl methyl sites for hydroxylation is 1. The molecule has 0 aromatic carbocycles. The quantitative estimate of drug-likeness (QED) is 0.763. The van der Waals surface area contributed by atoms with Gasteiger partial charge in [0.2, 0.25) is 11.9 Å². The number of nitrogens with zero attached hydrogens (tertiary/aromatic N) is 7. The summed E-state index contributed by atoms with van der Waals surface area (Å²) in [7, 11) is 1.61. The summed E-state index contributed by atoms with van der Waals surface area (Å²) in [6.45, 7) is 8.29. The highest BCUT2D eigenvalue weighted by molar-refractivity contribution is 5.41. The third-order valence-corrected chi connectivity index (χ3v) is 5.37. The fourth-order valence-corrected chi connectivity index (χ4v) is 3.80. The van der Waals surface area contributed by atoms with Crippen LogP contribution in [0.5, 0.6) is 6.01 Å². The number of piperazine rings is 1. The van der Waals surface area contributed by atoms with Crippen molar-refractivity contribution in [3.8, 4) is 6.01 Å². The molecule has 2 aliphatic rings. The van der Waals surface area contributed by atoms with Crippen LogP contribution in [0.4, 0.5) is 11.9 Å². The van der Waals surface area contributed by atoms with E-state index < -0.39 is 0 Å². The van der Waals surface area contributed by atoms with Crippen LogP contribution in [-0.2, 0) is 6.54 Å². The van der Waals surface area contributed by atoms with Crippen molar-refractivity contribution < 1.29 is 9.26 Å². The van der Waals surface area contributed by atoms with E-state index in [9.17, 15) is 0 Å². The third kappa shape index (κ3) is 4.52. The maximum atomic E-state index is 5.37. The van der Waals surface area contributed by atoms with Crippen LogP contribution in [0.3, 0.4) is 0 Å². The van der Waals surface area contributed by atoms with Crippen molar-refractivity contribution in [2.45, 2.75) is 39.2 Å². The number of hydrogen-bond acceptors (Lipinski definition) is 9. The van der Waals surface area contributed by atoms with Crippen molar-refractivity contribution in [2.75, 3.05) is 56.2 Å². The first-order valence-corrected chi connectivity index (χ1v) is 10.2. The van der Waals surface area contributed by atoms with Gasteiger partial charge in [-0.3, -0.25) is 4.90 Å². The van der Waals surface area contributed by atoms with E-state index in [4.69, 9.17) is 14.2 Å². The molecule has 0 atom stereocenters. The van der Waals surface area contributed by atoms with Crippen molar-refractivity contribution in [2.24, 2.45) is 0 Å². The maximum Gasteiger partial charge on any atom is 0.322 e. The molecule has 2 aromatic rings. The van der Waals surface area contributed by atoms with Crippen molar-refractivity contribution in [3.63, 3.8) is 0 Å². The van der Waals surface area contributed by atoms with E-state index in [1.165, 1.54) is 25.7 Å². The minimum absolute atomic E-state index is 0.392. The molecule has 0 amide bonds. The molecule has 0 radical (unpaired) electrons. The Kier molecular flexibility index (Phi) is 5.90. The Labute approximate surface area is 165 Å². The number of rotatable bonds is 5. The lowest BCUT2D eigenvalue weighted by Gasteiger charge is -2.34. The van der Waals surface area contributed by atoms with Crippen LogP contribution in [0.1, 0.15) is 37.1 Å². The van der Waals surface area contributed by atoms with Crippen molar-refractivity contribution in [3.05, 3.63) is 17.5 Å². The Bertz CT molecular complexity index is 765. The van der Waals surface area contributed by atoms with Gasteiger partial charge in [-0.05, 0) is 19.8 Å². The molecule has 2 aromatic heterocycles. The van der Waals surface area contributed by atoms with Crippen molar-refractivity contribution in [1.82, 2.24) is 25.0 Å². The SMILES string of the molecule is COc1nc(N2CCCCCC2)nc(N2CCN(Cc3cc(C)no3)CC2)n1. The molecule has 4 rings (SSSR count). The summed E-state index contributed by atoms with van der Waals surface area (Å²) in [6.07, 6.45) is 4.92. The molecule has 0 saturated carbocycles. The summed E-state index contributed by atoms with van der Waals surface area (Å²) in [4.78, 5) is 20.7. The molecule has 0 bridgehead atoms. The lowest BCUT2D eigenvalue weighted by molar-refractivity contribution is 0.218. The Balaban J connectivity index is 1.43. The smallest absolute Gasteiger partial charge is 0.322 e. The van der Waals surface area contributed by atoms with Crippen LogP contribution < -0.4 is 14.5 Å². The second kappa shape index (κ2) is 8.72. The molecule has 28 heavy (non-hydrogen) atoms. The Morgan fingerprint density at radius 2 is 1.54 bits per heavy atom. The number of hydrogen-bond donors (Lipinski definition) is 0. The summed E-state index contributed by atoms with van der Waals surface area (Å²) in [5, 5.41) is 3.97. The lowest BCUT2D eigenvalue weighted by Crippen LogP contribution is -2.46. The van der Waals surface area contributed by atoms with Crippen LogP contribution in [0, 0.1) is 6.92 Å². The Morgan fingerprint density at radius 1 is 0.893 bits per heavy atom. The molecule has 2 fully saturated rings. The van der Waals surface area contributed by atoms with Gasteiger partial charge in [0.05, 0.1) is 19.3 Å². The van der Waals surface area contributed by atoms with Crippen molar-refractivity contribution in [1.29, 1.82) is 0 Å². The minimum atomic E-state index is 0.392. The topological polar surface area (TPSA) is 83.7 Å². The molecule has 0 aliphatic carbocycles. The number of anilines is 2. The van der Waals surface area contributed by atoms with Gasteiger partial charge in [0.25, 0.3) is 0 Å². The molecule has 0 N–H and O–H groups in total. The molecule has 0 unspecified atom stereocenters. The molecule has 0 spiro atoms.